The summed E-state index contributed by atoms with van der Waals surface area (Å²) in [4.78, 5) is 19.0. The molecule has 0 aliphatic rings. The van der Waals surface area contributed by atoms with E-state index in [1.807, 2.05) is 40.9 Å². The van der Waals surface area contributed by atoms with Crippen LogP contribution in [-0.2, 0) is 12.5 Å². The predicted octanol–water partition coefficient (Wildman–Crippen LogP) is 1.78. The molecule has 0 aromatic carbocycles. The van der Waals surface area contributed by atoms with Crippen LogP contribution in [0.3, 0.4) is 0 Å². The van der Waals surface area contributed by atoms with Crippen LogP contribution in [0.25, 0.3) is 11.4 Å². The Kier molecular flexibility index (Phi) is 2.84. The summed E-state index contributed by atoms with van der Waals surface area (Å²) in [5.74, 6) is 0.582. The summed E-state index contributed by atoms with van der Waals surface area (Å²) >= 11 is 0. The molecular formula is C13H18N4O. The molecule has 5 nitrogen and oxygen atoms in total. The number of aromatic nitrogens is 4. The second-order valence-corrected chi connectivity index (χ2v) is 5.53. The van der Waals surface area contributed by atoms with Gasteiger partial charge in [-0.25, -0.2) is 4.98 Å². The van der Waals surface area contributed by atoms with E-state index in [0.29, 0.717) is 5.82 Å². The molecule has 0 aliphatic heterocycles. The number of rotatable bonds is 1. The highest BCUT2D eigenvalue weighted by Gasteiger charge is 2.18. The van der Waals surface area contributed by atoms with Crippen LogP contribution in [0.5, 0.6) is 0 Å². The molecule has 0 bridgehead atoms. The first kappa shape index (κ1) is 12.5. The first-order valence-electron chi connectivity index (χ1n) is 5.90. The highest BCUT2D eigenvalue weighted by Crippen LogP contribution is 2.22. The van der Waals surface area contributed by atoms with E-state index in [9.17, 15) is 4.79 Å². The molecule has 0 spiro atoms. The fraction of sp³-hybridized carbons (Fsp3) is 0.462. The predicted molar refractivity (Wildman–Crippen MR) is 70.5 cm³/mol. The average molecular weight is 246 g/mol. The van der Waals surface area contributed by atoms with E-state index in [2.05, 4.69) is 15.1 Å². The molecular weight excluding hydrogens is 228 g/mol. The third-order valence-electron chi connectivity index (χ3n) is 2.78. The van der Waals surface area contributed by atoms with E-state index < -0.39 is 0 Å². The summed E-state index contributed by atoms with van der Waals surface area (Å²) in [6.45, 7) is 8.01. The number of nitrogens with zero attached hydrogens (tertiary/aromatic N) is 3. The molecule has 5 heteroatoms. The van der Waals surface area contributed by atoms with Crippen LogP contribution in [0.2, 0.25) is 0 Å². The topological polar surface area (TPSA) is 63.6 Å². The van der Waals surface area contributed by atoms with Gasteiger partial charge in [0.15, 0.2) is 0 Å². The van der Waals surface area contributed by atoms with Gasteiger partial charge in [-0.05, 0) is 6.92 Å². The Morgan fingerprint density at radius 3 is 2.50 bits per heavy atom. The first-order chi connectivity index (χ1) is 8.27. The van der Waals surface area contributed by atoms with Crippen molar-refractivity contribution >= 4 is 0 Å². The zero-order chi connectivity index (χ0) is 13.5. The first-order valence-corrected chi connectivity index (χ1v) is 5.90. The summed E-state index contributed by atoms with van der Waals surface area (Å²) in [5.41, 5.74) is 2.21. The maximum atomic E-state index is 11.7. The molecule has 0 saturated carbocycles. The lowest BCUT2D eigenvalue weighted by Gasteiger charge is -2.17. The van der Waals surface area contributed by atoms with Gasteiger partial charge in [-0.1, -0.05) is 20.8 Å². The highest BCUT2D eigenvalue weighted by atomic mass is 16.1. The van der Waals surface area contributed by atoms with Crippen molar-refractivity contribution in [2.45, 2.75) is 33.1 Å². The molecule has 2 aromatic rings. The van der Waals surface area contributed by atoms with Crippen LogP contribution in [0.4, 0.5) is 0 Å². The zero-order valence-electron chi connectivity index (χ0n) is 11.4. The van der Waals surface area contributed by atoms with Crippen LogP contribution < -0.4 is 5.56 Å². The fourth-order valence-corrected chi connectivity index (χ4v) is 1.80. The standard InChI is InChI=1S/C13H18N4O/c1-8-9(7-17(5)16-8)12-14-10(13(2,3)4)6-11(18)15-12/h6-7H,1-5H3,(H,14,15,18). The van der Waals surface area contributed by atoms with Gasteiger partial charge in [-0.2, -0.15) is 5.10 Å². The lowest BCUT2D eigenvalue weighted by atomic mass is 9.92. The lowest BCUT2D eigenvalue weighted by Crippen LogP contribution is -2.19. The molecule has 0 saturated heterocycles. The van der Waals surface area contributed by atoms with Crippen LogP contribution >= 0.6 is 0 Å². The van der Waals surface area contributed by atoms with Gasteiger partial charge < -0.3 is 4.98 Å². The molecule has 0 fully saturated rings. The maximum absolute atomic E-state index is 11.7. The summed E-state index contributed by atoms with van der Waals surface area (Å²) in [6.07, 6.45) is 1.86. The summed E-state index contributed by atoms with van der Waals surface area (Å²) < 4.78 is 1.72. The van der Waals surface area contributed by atoms with Gasteiger partial charge in [0.05, 0.1) is 17.0 Å². The van der Waals surface area contributed by atoms with E-state index in [4.69, 9.17) is 0 Å². The third-order valence-corrected chi connectivity index (χ3v) is 2.78. The number of aromatic amines is 1. The maximum Gasteiger partial charge on any atom is 0.251 e. The van der Waals surface area contributed by atoms with Crippen molar-refractivity contribution in [3.05, 3.63) is 34.0 Å². The highest BCUT2D eigenvalue weighted by molar-refractivity contribution is 5.56. The Balaban J connectivity index is 2.63. The van der Waals surface area contributed by atoms with Crippen LogP contribution in [0.1, 0.15) is 32.2 Å². The molecule has 0 aliphatic carbocycles. The van der Waals surface area contributed by atoms with Crippen molar-refractivity contribution in [3.8, 4) is 11.4 Å². The van der Waals surface area contributed by atoms with Crippen LogP contribution in [0.15, 0.2) is 17.1 Å². The molecule has 0 atom stereocenters. The lowest BCUT2D eigenvalue weighted by molar-refractivity contribution is 0.566. The molecule has 2 rings (SSSR count). The average Bonchev–Trinajstić information content (AvgIpc) is 2.55. The van der Waals surface area contributed by atoms with Crippen molar-refractivity contribution in [2.75, 3.05) is 0 Å². The summed E-state index contributed by atoms with van der Waals surface area (Å²) in [5, 5.41) is 4.26. The van der Waals surface area contributed by atoms with Crippen molar-refractivity contribution in [3.63, 3.8) is 0 Å². The smallest absolute Gasteiger partial charge is 0.251 e. The second kappa shape index (κ2) is 4.08. The molecule has 0 radical (unpaired) electrons. The number of nitrogens with one attached hydrogen (secondary N) is 1. The van der Waals surface area contributed by atoms with Gasteiger partial charge in [0.25, 0.3) is 5.56 Å². The van der Waals surface area contributed by atoms with E-state index in [-0.39, 0.29) is 11.0 Å². The van der Waals surface area contributed by atoms with E-state index in [0.717, 1.165) is 17.0 Å². The van der Waals surface area contributed by atoms with Gasteiger partial charge in [0, 0.05) is 24.7 Å². The van der Waals surface area contributed by atoms with E-state index >= 15 is 0 Å². The quantitative estimate of drug-likeness (QED) is 0.834. The molecule has 96 valence electrons. The van der Waals surface area contributed by atoms with Gasteiger partial charge in [0.1, 0.15) is 5.82 Å². The molecule has 0 unspecified atom stereocenters. The minimum atomic E-state index is -0.154. The van der Waals surface area contributed by atoms with Gasteiger partial charge >= 0.3 is 0 Å². The number of H-pyrrole nitrogens is 1. The van der Waals surface area contributed by atoms with Crippen molar-refractivity contribution in [2.24, 2.45) is 7.05 Å². The second-order valence-electron chi connectivity index (χ2n) is 5.53. The molecule has 18 heavy (non-hydrogen) atoms. The number of hydrogen-bond donors (Lipinski definition) is 1. The summed E-state index contributed by atoms with van der Waals surface area (Å²) in [7, 11) is 1.85. The molecule has 2 heterocycles. The minimum Gasteiger partial charge on any atom is -0.306 e. The number of hydrogen-bond acceptors (Lipinski definition) is 3. The summed E-state index contributed by atoms with van der Waals surface area (Å²) in [6, 6.07) is 1.55. The van der Waals surface area contributed by atoms with Gasteiger partial charge in [-0.15, -0.1) is 0 Å². The van der Waals surface area contributed by atoms with Crippen molar-refractivity contribution in [1.29, 1.82) is 0 Å². The SMILES string of the molecule is Cc1nn(C)cc1-c1nc(C(C)(C)C)cc(=O)[nH]1. The Morgan fingerprint density at radius 1 is 1.33 bits per heavy atom. The molecule has 1 N–H and O–H groups in total. The van der Waals surface area contributed by atoms with Crippen molar-refractivity contribution in [1.82, 2.24) is 19.7 Å². The largest absolute Gasteiger partial charge is 0.306 e. The number of aryl methyl sites for hydroxylation is 2. The molecule has 2 aromatic heterocycles. The molecule has 0 amide bonds. The van der Waals surface area contributed by atoms with E-state index in [1.54, 1.807) is 10.7 Å². The Hall–Kier alpha value is -1.91. The zero-order valence-corrected chi connectivity index (χ0v) is 11.4. The van der Waals surface area contributed by atoms with Crippen LogP contribution in [0, 0.1) is 6.92 Å². The van der Waals surface area contributed by atoms with Crippen LogP contribution in [-0.4, -0.2) is 19.7 Å². The monoisotopic (exact) mass is 246 g/mol. The van der Waals surface area contributed by atoms with Gasteiger partial charge in [-0.3, -0.25) is 9.48 Å². The Morgan fingerprint density at radius 2 is 2.00 bits per heavy atom. The normalized spacial score (nSPS) is 11.8. The van der Waals surface area contributed by atoms with Gasteiger partial charge in [0.2, 0.25) is 0 Å². The fourth-order valence-electron chi connectivity index (χ4n) is 1.80. The third kappa shape index (κ3) is 2.34. The van der Waals surface area contributed by atoms with Crippen molar-refractivity contribution < 1.29 is 0 Å². The Bertz CT molecular complexity index is 631. The Labute approximate surface area is 106 Å². The van der Waals surface area contributed by atoms with E-state index in [1.165, 1.54) is 0 Å². The minimum absolute atomic E-state index is 0.131.